The minimum Gasteiger partial charge on any atom is -0.493 e. The van der Waals surface area contributed by atoms with Crippen molar-refractivity contribution in [2.75, 3.05) is 26.2 Å². The molecule has 6 nitrogen and oxygen atoms in total. The predicted octanol–water partition coefficient (Wildman–Crippen LogP) is 4.47. The van der Waals surface area contributed by atoms with E-state index >= 15 is 0 Å². The summed E-state index contributed by atoms with van der Waals surface area (Å²) in [7, 11) is 1.58. The fourth-order valence-corrected chi connectivity index (χ4v) is 3.10. The molecule has 2 aromatic rings. The number of allylic oxidation sites excluding steroid dienone is 1. The van der Waals surface area contributed by atoms with E-state index in [1.165, 1.54) is 0 Å². The first kappa shape index (κ1) is 19.6. The van der Waals surface area contributed by atoms with Crippen LogP contribution in [0.5, 0.6) is 23.0 Å². The van der Waals surface area contributed by atoms with Crippen LogP contribution in [0.25, 0.3) is 6.08 Å². The summed E-state index contributed by atoms with van der Waals surface area (Å²) in [5.41, 5.74) is 8.50. The molecule has 0 saturated heterocycles. The zero-order valence-electron chi connectivity index (χ0n) is 16.4. The van der Waals surface area contributed by atoms with Gasteiger partial charge in [-0.2, -0.15) is 0 Å². The lowest BCUT2D eigenvalue weighted by Crippen LogP contribution is -2.06. The van der Waals surface area contributed by atoms with Gasteiger partial charge in [0.2, 0.25) is 12.5 Å². The Bertz CT molecular complexity index is 904. The zero-order valence-corrected chi connectivity index (χ0v) is 16.4. The van der Waals surface area contributed by atoms with Gasteiger partial charge >= 0.3 is 0 Å². The normalized spacial score (nSPS) is 12.8. The van der Waals surface area contributed by atoms with Crippen molar-refractivity contribution in [3.05, 3.63) is 47.0 Å². The van der Waals surface area contributed by atoms with Crippen LogP contribution in [0.3, 0.4) is 0 Å². The van der Waals surface area contributed by atoms with Crippen molar-refractivity contribution in [1.29, 1.82) is 0 Å². The molecule has 0 amide bonds. The molecule has 2 N–H and O–H groups in total. The van der Waals surface area contributed by atoms with Crippen LogP contribution < -0.4 is 24.7 Å². The summed E-state index contributed by atoms with van der Waals surface area (Å²) in [6, 6.07) is 8.81. The van der Waals surface area contributed by atoms with Crippen molar-refractivity contribution in [2.24, 2.45) is 0 Å². The Morgan fingerprint density at radius 3 is 2.71 bits per heavy atom. The third-order valence-electron chi connectivity index (χ3n) is 4.41. The quantitative estimate of drug-likeness (QED) is 0.411. The number of Topliss-reactive ketones (excluding diaryl/α,β-unsaturated/α-hetero) is 1. The number of carbonyl (C=O) groups is 1. The van der Waals surface area contributed by atoms with E-state index in [1.807, 2.05) is 32.1 Å². The molecule has 0 radical (unpaired) electrons. The molecule has 6 heteroatoms. The number of hydrogen-bond donors (Lipinski definition) is 1. The van der Waals surface area contributed by atoms with E-state index in [0.29, 0.717) is 52.8 Å². The fourth-order valence-electron chi connectivity index (χ4n) is 3.10. The smallest absolute Gasteiger partial charge is 0.231 e. The zero-order chi connectivity index (χ0) is 20.1. The Morgan fingerprint density at radius 2 is 2.00 bits per heavy atom. The number of nitrogens with two attached hydrogens (primary N) is 1. The number of ether oxygens (including phenoxy) is 4. The summed E-state index contributed by atoms with van der Waals surface area (Å²) >= 11 is 0. The molecule has 148 valence electrons. The van der Waals surface area contributed by atoms with E-state index in [4.69, 9.17) is 24.7 Å². The second kappa shape index (κ2) is 8.69. The number of nitrogen functional groups attached to an aromatic ring is 1. The van der Waals surface area contributed by atoms with Gasteiger partial charge in [0.05, 0.1) is 19.4 Å². The Morgan fingerprint density at radius 1 is 1.18 bits per heavy atom. The lowest BCUT2D eigenvalue weighted by Gasteiger charge is -2.11. The van der Waals surface area contributed by atoms with Crippen molar-refractivity contribution in [3.63, 3.8) is 0 Å². The third kappa shape index (κ3) is 4.06. The number of carbonyl (C=O) groups excluding carboxylic acids is 1. The van der Waals surface area contributed by atoms with Crippen LogP contribution in [0.15, 0.2) is 35.9 Å². The molecule has 1 aliphatic heterocycles. The van der Waals surface area contributed by atoms with Gasteiger partial charge < -0.3 is 24.7 Å². The van der Waals surface area contributed by atoms with Gasteiger partial charge in [-0.05, 0) is 55.3 Å². The monoisotopic (exact) mass is 383 g/mol. The highest BCUT2D eigenvalue weighted by Crippen LogP contribution is 2.42. The molecule has 1 heterocycles. The SMILES string of the molecule is CCC/C(=C\c1cc(OC)c2c(c1)OCO2)C(=O)c1ccc(N)c(OCC)c1. The molecule has 0 aliphatic carbocycles. The van der Waals surface area contributed by atoms with Crippen molar-refractivity contribution in [1.82, 2.24) is 0 Å². The van der Waals surface area contributed by atoms with E-state index in [0.717, 1.165) is 12.0 Å². The minimum atomic E-state index is -0.0561. The highest BCUT2D eigenvalue weighted by Gasteiger charge is 2.20. The van der Waals surface area contributed by atoms with E-state index in [1.54, 1.807) is 25.3 Å². The van der Waals surface area contributed by atoms with Crippen molar-refractivity contribution >= 4 is 17.5 Å². The molecule has 3 rings (SSSR count). The number of fused-ring (bicyclic) bond motifs is 1. The second-order valence-electron chi connectivity index (χ2n) is 6.39. The topological polar surface area (TPSA) is 80.0 Å². The van der Waals surface area contributed by atoms with Gasteiger partial charge in [0, 0.05) is 11.1 Å². The average molecular weight is 383 g/mol. The van der Waals surface area contributed by atoms with Crippen LogP contribution in [-0.4, -0.2) is 26.3 Å². The summed E-state index contributed by atoms with van der Waals surface area (Å²) in [6.45, 7) is 4.56. The Balaban J connectivity index is 1.97. The summed E-state index contributed by atoms with van der Waals surface area (Å²) < 4.78 is 21.8. The van der Waals surface area contributed by atoms with Crippen molar-refractivity contribution in [3.8, 4) is 23.0 Å². The van der Waals surface area contributed by atoms with Crippen molar-refractivity contribution in [2.45, 2.75) is 26.7 Å². The predicted molar refractivity (Wildman–Crippen MR) is 108 cm³/mol. The van der Waals surface area contributed by atoms with Crippen LogP contribution >= 0.6 is 0 Å². The van der Waals surface area contributed by atoms with Gasteiger partial charge in [0.25, 0.3) is 0 Å². The minimum absolute atomic E-state index is 0.0561. The van der Waals surface area contributed by atoms with Crippen LogP contribution in [-0.2, 0) is 0 Å². The van der Waals surface area contributed by atoms with Crippen molar-refractivity contribution < 1.29 is 23.7 Å². The molecule has 1 aliphatic rings. The number of hydrogen-bond acceptors (Lipinski definition) is 6. The highest BCUT2D eigenvalue weighted by atomic mass is 16.7. The Kier molecular flexibility index (Phi) is 6.09. The largest absolute Gasteiger partial charge is 0.493 e. The maximum absolute atomic E-state index is 13.1. The first-order chi connectivity index (χ1) is 13.6. The van der Waals surface area contributed by atoms with E-state index in [-0.39, 0.29) is 12.6 Å². The van der Waals surface area contributed by atoms with Gasteiger partial charge in [-0.15, -0.1) is 0 Å². The van der Waals surface area contributed by atoms with E-state index in [2.05, 4.69) is 0 Å². The number of ketones is 1. The first-order valence-electron chi connectivity index (χ1n) is 9.32. The summed E-state index contributed by atoms with van der Waals surface area (Å²) in [6.07, 6.45) is 3.35. The number of anilines is 1. The second-order valence-corrected chi connectivity index (χ2v) is 6.39. The molecule has 0 bridgehead atoms. The summed E-state index contributed by atoms with van der Waals surface area (Å²) in [5.74, 6) is 2.24. The van der Waals surface area contributed by atoms with Crippen LogP contribution in [0, 0.1) is 0 Å². The highest BCUT2D eigenvalue weighted by molar-refractivity contribution is 6.11. The molecule has 0 spiro atoms. The average Bonchev–Trinajstić information content (AvgIpc) is 3.17. The molecule has 0 aromatic heterocycles. The molecule has 0 atom stereocenters. The summed E-state index contributed by atoms with van der Waals surface area (Å²) in [4.78, 5) is 13.1. The lowest BCUT2D eigenvalue weighted by molar-refractivity contribution is 0.103. The summed E-state index contributed by atoms with van der Waals surface area (Å²) in [5, 5.41) is 0. The molecule has 2 aromatic carbocycles. The maximum Gasteiger partial charge on any atom is 0.231 e. The maximum atomic E-state index is 13.1. The van der Waals surface area contributed by atoms with Gasteiger partial charge in [-0.3, -0.25) is 4.79 Å². The van der Waals surface area contributed by atoms with Gasteiger partial charge in [-0.1, -0.05) is 13.3 Å². The van der Waals surface area contributed by atoms with Gasteiger partial charge in [-0.25, -0.2) is 0 Å². The Hall–Kier alpha value is -3.15. The third-order valence-corrected chi connectivity index (χ3v) is 4.41. The van der Waals surface area contributed by atoms with Crippen LogP contribution in [0.1, 0.15) is 42.6 Å². The number of benzene rings is 2. The molecule has 28 heavy (non-hydrogen) atoms. The van der Waals surface area contributed by atoms with Crippen LogP contribution in [0.4, 0.5) is 5.69 Å². The van der Waals surface area contributed by atoms with Gasteiger partial charge in [0.1, 0.15) is 5.75 Å². The lowest BCUT2D eigenvalue weighted by atomic mass is 9.97. The van der Waals surface area contributed by atoms with E-state index < -0.39 is 0 Å². The standard InChI is InChI=1S/C22H25NO5/c1-4-6-15(21(24)16-7-8-17(23)18(12-16)26-5-2)9-14-10-19(25-3)22-20(11-14)27-13-28-22/h7-12H,4-6,13,23H2,1-3H3/b15-9+. The van der Waals surface area contributed by atoms with Gasteiger partial charge in [0.15, 0.2) is 17.3 Å². The molecular formula is C22H25NO5. The first-order valence-corrected chi connectivity index (χ1v) is 9.32. The molecule has 0 fully saturated rings. The molecular weight excluding hydrogens is 358 g/mol. The van der Waals surface area contributed by atoms with Crippen LogP contribution in [0.2, 0.25) is 0 Å². The molecule has 0 saturated carbocycles. The fraction of sp³-hybridized carbons (Fsp3) is 0.318. The Labute approximate surface area is 164 Å². The van der Waals surface area contributed by atoms with E-state index in [9.17, 15) is 4.79 Å². The molecule has 0 unspecified atom stereocenters. The number of methoxy groups -OCH3 is 1. The number of rotatable bonds is 8.